The lowest BCUT2D eigenvalue weighted by Gasteiger charge is -2.22. The van der Waals surface area contributed by atoms with Crippen LogP contribution in [0.25, 0.3) is 0 Å². The van der Waals surface area contributed by atoms with Crippen molar-refractivity contribution in [2.45, 2.75) is 37.4 Å². The van der Waals surface area contributed by atoms with Gasteiger partial charge in [0.2, 0.25) is 10.0 Å². The summed E-state index contributed by atoms with van der Waals surface area (Å²) in [6.07, 6.45) is -3.86. The van der Waals surface area contributed by atoms with Gasteiger partial charge >= 0.3 is 6.18 Å². The average Bonchev–Trinajstić information content (AvgIpc) is 2.43. The Morgan fingerprint density at radius 3 is 2.14 bits per heavy atom. The van der Waals surface area contributed by atoms with Gasteiger partial charge in [-0.1, -0.05) is 20.3 Å². The molecule has 0 fully saturated rings. The summed E-state index contributed by atoms with van der Waals surface area (Å²) in [5.41, 5.74) is -0.915. The van der Waals surface area contributed by atoms with Crippen LogP contribution in [0.3, 0.4) is 0 Å². The van der Waals surface area contributed by atoms with E-state index in [2.05, 4.69) is 4.72 Å². The van der Waals surface area contributed by atoms with Gasteiger partial charge in [0.05, 0.1) is 17.1 Å². The van der Waals surface area contributed by atoms with Crippen LogP contribution in [0.5, 0.6) is 0 Å². The van der Waals surface area contributed by atoms with E-state index in [9.17, 15) is 26.7 Å². The summed E-state index contributed by atoms with van der Waals surface area (Å²) in [4.78, 5) is -0.266. The first-order chi connectivity index (χ1) is 9.61. The molecular weight excluding hydrogens is 307 g/mol. The molecule has 8 heteroatoms. The molecule has 1 aromatic carbocycles. The number of sulfonamides is 1. The zero-order valence-electron chi connectivity index (χ0n) is 11.7. The SMILES string of the molecule is CC[C@H](C)[C@@H](CO)NS(=O)(=O)c1ccc(C(F)(F)F)cc1. The van der Waals surface area contributed by atoms with E-state index in [1.165, 1.54) is 0 Å². The van der Waals surface area contributed by atoms with E-state index >= 15 is 0 Å². The molecule has 120 valence electrons. The molecule has 2 atom stereocenters. The number of nitrogens with one attached hydrogen (secondary N) is 1. The van der Waals surface area contributed by atoms with Gasteiger partial charge in [-0.25, -0.2) is 13.1 Å². The second kappa shape index (κ2) is 6.76. The van der Waals surface area contributed by atoms with Crippen LogP contribution in [-0.4, -0.2) is 26.2 Å². The number of alkyl halides is 3. The molecule has 0 saturated carbocycles. The highest BCUT2D eigenvalue weighted by atomic mass is 32.2. The number of benzene rings is 1. The first-order valence-corrected chi connectivity index (χ1v) is 7.90. The molecule has 0 unspecified atom stereocenters. The minimum Gasteiger partial charge on any atom is -0.395 e. The van der Waals surface area contributed by atoms with Gasteiger partial charge < -0.3 is 5.11 Å². The predicted molar refractivity (Wildman–Crippen MR) is 72.1 cm³/mol. The number of hydrogen-bond donors (Lipinski definition) is 2. The van der Waals surface area contributed by atoms with Crippen molar-refractivity contribution >= 4 is 10.0 Å². The number of aliphatic hydroxyl groups is 1. The van der Waals surface area contributed by atoms with Gasteiger partial charge in [0, 0.05) is 6.04 Å². The Hall–Kier alpha value is -1.12. The summed E-state index contributed by atoms with van der Waals surface area (Å²) in [5.74, 6) is -0.0979. The summed E-state index contributed by atoms with van der Waals surface area (Å²) < 4.78 is 63.8. The predicted octanol–water partition coefficient (Wildman–Crippen LogP) is 2.39. The quantitative estimate of drug-likeness (QED) is 0.844. The van der Waals surface area contributed by atoms with Crippen LogP contribution in [-0.2, 0) is 16.2 Å². The van der Waals surface area contributed by atoms with Gasteiger partial charge in [-0.05, 0) is 30.2 Å². The van der Waals surface area contributed by atoms with Gasteiger partial charge in [-0.2, -0.15) is 13.2 Å². The number of hydrogen-bond acceptors (Lipinski definition) is 3. The van der Waals surface area contributed by atoms with Crippen molar-refractivity contribution in [1.82, 2.24) is 4.72 Å². The van der Waals surface area contributed by atoms with Crippen LogP contribution in [0, 0.1) is 5.92 Å². The minimum absolute atomic E-state index is 0.0979. The molecule has 0 radical (unpaired) electrons. The fourth-order valence-corrected chi connectivity index (χ4v) is 3.04. The molecule has 0 aliphatic rings. The van der Waals surface area contributed by atoms with Crippen LogP contribution in [0.4, 0.5) is 13.2 Å². The van der Waals surface area contributed by atoms with E-state index in [-0.39, 0.29) is 17.4 Å². The van der Waals surface area contributed by atoms with Crippen LogP contribution >= 0.6 is 0 Å². The summed E-state index contributed by atoms with van der Waals surface area (Å²) in [5, 5.41) is 9.21. The van der Waals surface area contributed by atoms with Crippen LogP contribution < -0.4 is 4.72 Å². The number of aliphatic hydroxyl groups excluding tert-OH is 1. The summed E-state index contributed by atoms with van der Waals surface area (Å²) in [6.45, 7) is 3.24. The third-order valence-corrected chi connectivity index (χ3v) is 4.83. The lowest BCUT2D eigenvalue weighted by Crippen LogP contribution is -2.41. The summed E-state index contributed by atoms with van der Waals surface area (Å²) in [6, 6.07) is 2.55. The Bertz CT molecular complexity index is 555. The van der Waals surface area contributed by atoms with E-state index in [0.29, 0.717) is 18.6 Å². The minimum atomic E-state index is -4.51. The maximum Gasteiger partial charge on any atom is 0.416 e. The van der Waals surface area contributed by atoms with Gasteiger partial charge in [-0.3, -0.25) is 0 Å². The highest BCUT2D eigenvalue weighted by Gasteiger charge is 2.31. The molecule has 0 aliphatic heterocycles. The Kier molecular flexibility index (Phi) is 5.77. The van der Waals surface area contributed by atoms with E-state index in [1.54, 1.807) is 6.92 Å². The van der Waals surface area contributed by atoms with Crippen molar-refractivity contribution in [3.05, 3.63) is 29.8 Å². The van der Waals surface area contributed by atoms with Gasteiger partial charge in [0.25, 0.3) is 0 Å². The highest BCUT2D eigenvalue weighted by molar-refractivity contribution is 7.89. The molecular formula is C13H18F3NO3S. The topological polar surface area (TPSA) is 66.4 Å². The Morgan fingerprint density at radius 2 is 1.76 bits per heavy atom. The number of rotatable bonds is 6. The van der Waals surface area contributed by atoms with Crippen LogP contribution in [0.2, 0.25) is 0 Å². The van der Waals surface area contributed by atoms with E-state index in [0.717, 1.165) is 12.1 Å². The van der Waals surface area contributed by atoms with E-state index < -0.39 is 27.8 Å². The van der Waals surface area contributed by atoms with Gasteiger partial charge in [0.1, 0.15) is 0 Å². The molecule has 0 amide bonds. The van der Waals surface area contributed by atoms with Crippen molar-refractivity contribution in [3.63, 3.8) is 0 Å². The number of halogens is 3. The fourth-order valence-electron chi connectivity index (χ4n) is 1.71. The smallest absolute Gasteiger partial charge is 0.395 e. The standard InChI is InChI=1S/C13H18F3NO3S/c1-3-9(2)12(8-18)17-21(19,20)11-6-4-10(5-7-11)13(14,15)16/h4-7,9,12,17-18H,3,8H2,1-2H3/t9-,12+/m0/s1. The molecule has 0 spiro atoms. The second-order valence-corrected chi connectivity index (χ2v) is 6.53. The zero-order chi connectivity index (χ0) is 16.3. The van der Waals surface area contributed by atoms with Crippen LogP contribution in [0.15, 0.2) is 29.2 Å². The first kappa shape index (κ1) is 17.9. The normalized spacial score (nSPS) is 15.7. The van der Waals surface area contributed by atoms with E-state index in [1.807, 2.05) is 6.92 Å². The molecule has 2 N–H and O–H groups in total. The maximum atomic E-state index is 12.4. The van der Waals surface area contributed by atoms with Crippen molar-refractivity contribution in [1.29, 1.82) is 0 Å². The Balaban J connectivity index is 2.98. The summed E-state index contributed by atoms with van der Waals surface area (Å²) in [7, 11) is -3.97. The monoisotopic (exact) mass is 325 g/mol. The van der Waals surface area contributed by atoms with Crippen molar-refractivity contribution in [3.8, 4) is 0 Å². The van der Waals surface area contributed by atoms with E-state index in [4.69, 9.17) is 0 Å². The molecule has 0 heterocycles. The molecule has 1 aromatic rings. The van der Waals surface area contributed by atoms with Crippen molar-refractivity contribution in [2.75, 3.05) is 6.61 Å². The summed E-state index contributed by atoms with van der Waals surface area (Å²) >= 11 is 0. The van der Waals surface area contributed by atoms with Crippen LogP contribution in [0.1, 0.15) is 25.8 Å². The fraction of sp³-hybridized carbons (Fsp3) is 0.538. The second-order valence-electron chi connectivity index (χ2n) is 4.82. The largest absolute Gasteiger partial charge is 0.416 e. The van der Waals surface area contributed by atoms with Gasteiger partial charge in [-0.15, -0.1) is 0 Å². The van der Waals surface area contributed by atoms with Crippen molar-refractivity contribution < 1.29 is 26.7 Å². The Labute approximate surface area is 122 Å². The highest BCUT2D eigenvalue weighted by Crippen LogP contribution is 2.29. The molecule has 0 bridgehead atoms. The Morgan fingerprint density at radius 1 is 1.24 bits per heavy atom. The van der Waals surface area contributed by atoms with Gasteiger partial charge in [0.15, 0.2) is 0 Å². The third kappa shape index (κ3) is 4.69. The lowest BCUT2D eigenvalue weighted by atomic mass is 10.0. The third-order valence-electron chi connectivity index (χ3n) is 3.33. The zero-order valence-corrected chi connectivity index (χ0v) is 12.5. The molecule has 21 heavy (non-hydrogen) atoms. The molecule has 1 rings (SSSR count). The molecule has 0 aliphatic carbocycles. The molecule has 0 saturated heterocycles. The first-order valence-electron chi connectivity index (χ1n) is 6.42. The lowest BCUT2D eigenvalue weighted by molar-refractivity contribution is -0.137. The maximum absolute atomic E-state index is 12.4. The average molecular weight is 325 g/mol. The molecule has 4 nitrogen and oxygen atoms in total. The van der Waals surface area contributed by atoms with Crippen molar-refractivity contribution in [2.24, 2.45) is 5.92 Å². The molecule has 0 aromatic heterocycles.